The number of nitrogens with one attached hydrogen (secondary N) is 1. The minimum Gasteiger partial charge on any atom is -0.466 e. The van der Waals surface area contributed by atoms with Gasteiger partial charge >= 0.3 is 5.97 Å². The Kier molecular flexibility index (Phi) is 8.26. The van der Waals surface area contributed by atoms with Crippen LogP contribution < -0.4 is 5.32 Å². The number of allylic oxidation sites excluding steroid dienone is 1. The zero-order valence-electron chi connectivity index (χ0n) is 21.9. The molecule has 2 aromatic rings. The lowest BCUT2D eigenvalue weighted by atomic mass is 9.69. The standard InChI is InChI=1S/C27H37N5O5/c1-5-9-17-12-13-18-23(22(17)27(36)37-6-2)26(35)32(21(14-33)16(3)4)24(18)25(34)28-15-31-20-11-8-7-10-19(20)29-30-31/h7-8,10-13,16-18,21-24,33H,5-6,9,14-15H2,1-4H3,(H,28,34)/t17-,18+,21+,22-,23+,24+/m1/s1. The number of nitrogens with zero attached hydrogens (tertiary/aromatic N) is 4. The van der Waals surface area contributed by atoms with Gasteiger partial charge in [0.25, 0.3) is 0 Å². The Labute approximate surface area is 217 Å². The maximum atomic E-state index is 14.0. The van der Waals surface area contributed by atoms with E-state index in [0.29, 0.717) is 5.52 Å². The molecule has 0 unspecified atom stereocenters. The number of likely N-dealkylation sites (tertiary alicyclic amines) is 1. The number of ether oxygens (including phenoxy) is 1. The molecule has 2 N–H and O–H groups in total. The third-order valence-corrected chi connectivity index (χ3v) is 7.63. The molecule has 2 amide bonds. The van der Waals surface area contributed by atoms with Gasteiger partial charge in [0.1, 0.15) is 18.2 Å². The normalized spacial score (nSPS) is 25.9. The van der Waals surface area contributed by atoms with Crippen LogP contribution >= 0.6 is 0 Å². The smallest absolute Gasteiger partial charge is 0.310 e. The van der Waals surface area contributed by atoms with E-state index >= 15 is 0 Å². The van der Waals surface area contributed by atoms with E-state index in [0.717, 1.165) is 18.4 Å². The van der Waals surface area contributed by atoms with Gasteiger partial charge in [-0.1, -0.05) is 56.7 Å². The summed E-state index contributed by atoms with van der Waals surface area (Å²) in [6.45, 7) is 7.60. The SMILES string of the molecule is CCC[C@@H]1C=C[C@H]2[C@H](C(=O)N([C@@H](CO)C(C)C)[C@@H]2C(=O)NCn2nnc3ccccc32)[C@@H]1C(=O)OCC. The first-order valence-corrected chi connectivity index (χ1v) is 13.2. The zero-order chi connectivity index (χ0) is 26.7. The molecule has 200 valence electrons. The molecule has 1 aromatic heterocycles. The topological polar surface area (TPSA) is 127 Å². The number of benzene rings is 1. The van der Waals surface area contributed by atoms with Crippen LogP contribution in [0.4, 0.5) is 0 Å². The van der Waals surface area contributed by atoms with Crippen molar-refractivity contribution in [3.63, 3.8) is 0 Å². The largest absolute Gasteiger partial charge is 0.466 e. The van der Waals surface area contributed by atoms with Crippen LogP contribution in [0.5, 0.6) is 0 Å². The molecule has 0 saturated carbocycles. The molecule has 2 heterocycles. The van der Waals surface area contributed by atoms with E-state index in [1.54, 1.807) is 11.6 Å². The van der Waals surface area contributed by atoms with Crippen molar-refractivity contribution in [1.29, 1.82) is 0 Å². The lowest BCUT2D eigenvalue weighted by Gasteiger charge is -2.35. The summed E-state index contributed by atoms with van der Waals surface area (Å²) in [5.74, 6) is -3.21. The van der Waals surface area contributed by atoms with Crippen LogP contribution in [0.2, 0.25) is 0 Å². The van der Waals surface area contributed by atoms with Crippen molar-refractivity contribution >= 4 is 28.8 Å². The van der Waals surface area contributed by atoms with Crippen molar-refractivity contribution in [3.8, 4) is 0 Å². The molecule has 37 heavy (non-hydrogen) atoms. The Morgan fingerprint density at radius 2 is 1.95 bits per heavy atom. The van der Waals surface area contributed by atoms with Crippen molar-refractivity contribution < 1.29 is 24.2 Å². The van der Waals surface area contributed by atoms with E-state index in [9.17, 15) is 19.5 Å². The fourth-order valence-electron chi connectivity index (χ4n) is 5.88. The molecule has 0 bridgehead atoms. The Bertz CT molecular complexity index is 1160. The minimum absolute atomic E-state index is 0.0736. The molecule has 1 fully saturated rings. The summed E-state index contributed by atoms with van der Waals surface area (Å²) in [6, 6.07) is 6.00. The molecule has 4 rings (SSSR count). The number of aliphatic hydroxyl groups excluding tert-OH is 1. The number of aromatic nitrogens is 3. The second kappa shape index (κ2) is 11.4. The fourth-order valence-corrected chi connectivity index (χ4v) is 5.88. The number of para-hydroxylation sites is 1. The Hall–Kier alpha value is -3.27. The summed E-state index contributed by atoms with van der Waals surface area (Å²) in [7, 11) is 0. The fraction of sp³-hybridized carbons (Fsp3) is 0.593. The third kappa shape index (κ3) is 4.99. The molecule has 1 aromatic carbocycles. The first-order chi connectivity index (χ1) is 17.8. The highest BCUT2D eigenvalue weighted by Crippen LogP contribution is 2.46. The monoisotopic (exact) mass is 511 g/mol. The van der Waals surface area contributed by atoms with Gasteiger partial charge in [0.05, 0.1) is 36.6 Å². The number of hydrogen-bond acceptors (Lipinski definition) is 7. The van der Waals surface area contributed by atoms with E-state index in [4.69, 9.17) is 4.74 Å². The average molecular weight is 512 g/mol. The molecule has 2 aliphatic rings. The first kappa shape index (κ1) is 26.8. The Morgan fingerprint density at radius 3 is 2.62 bits per heavy atom. The summed E-state index contributed by atoms with van der Waals surface area (Å²) in [4.78, 5) is 42.4. The number of rotatable bonds is 10. The highest BCUT2D eigenvalue weighted by Gasteiger charge is 2.59. The van der Waals surface area contributed by atoms with Crippen LogP contribution in [0, 0.1) is 29.6 Å². The Balaban J connectivity index is 1.68. The second-order valence-corrected chi connectivity index (χ2v) is 10.2. The lowest BCUT2D eigenvalue weighted by molar-refractivity contribution is -0.156. The summed E-state index contributed by atoms with van der Waals surface area (Å²) < 4.78 is 7.00. The number of hydrogen-bond donors (Lipinski definition) is 2. The van der Waals surface area contributed by atoms with Crippen molar-refractivity contribution in [3.05, 3.63) is 36.4 Å². The van der Waals surface area contributed by atoms with Gasteiger partial charge in [-0.15, -0.1) is 5.10 Å². The van der Waals surface area contributed by atoms with Crippen molar-refractivity contribution in [2.75, 3.05) is 13.2 Å². The van der Waals surface area contributed by atoms with E-state index in [1.807, 2.05) is 57.2 Å². The summed E-state index contributed by atoms with van der Waals surface area (Å²) >= 11 is 0. The van der Waals surface area contributed by atoms with E-state index < -0.39 is 35.8 Å². The molecular formula is C27H37N5O5. The molecule has 1 saturated heterocycles. The van der Waals surface area contributed by atoms with Crippen LogP contribution in [-0.2, 0) is 25.8 Å². The van der Waals surface area contributed by atoms with Gasteiger partial charge < -0.3 is 20.1 Å². The van der Waals surface area contributed by atoms with Gasteiger partial charge in [-0.3, -0.25) is 14.4 Å². The number of esters is 1. The summed E-state index contributed by atoms with van der Waals surface area (Å²) in [6.07, 6.45) is 5.47. The highest BCUT2D eigenvalue weighted by atomic mass is 16.5. The first-order valence-electron chi connectivity index (χ1n) is 13.2. The number of amides is 2. The minimum atomic E-state index is -0.873. The van der Waals surface area contributed by atoms with Gasteiger partial charge in [0.2, 0.25) is 11.8 Å². The van der Waals surface area contributed by atoms with Crippen LogP contribution in [0.1, 0.15) is 40.5 Å². The summed E-state index contributed by atoms with van der Waals surface area (Å²) in [5.41, 5.74) is 1.49. The molecule has 0 spiro atoms. The molecule has 0 radical (unpaired) electrons. The van der Waals surface area contributed by atoms with Crippen LogP contribution in [-0.4, -0.2) is 68.1 Å². The summed E-state index contributed by atoms with van der Waals surface area (Å²) in [5, 5.41) is 21.4. The van der Waals surface area contributed by atoms with Gasteiger partial charge in [0, 0.05) is 5.92 Å². The van der Waals surface area contributed by atoms with E-state index in [1.165, 1.54) is 4.90 Å². The lowest BCUT2D eigenvalue weighted by Crippen LogP contribution is -2.54. The van der Waals surface area contributed by atoms with Crippen molar-refractivity contribution in [2.24, 2.45) is 29.6 Å². The average Bonchev–Trinajstić information content (AvgIpc) is 3.42. The zero-order valence-corrected chi connectivity index (χ0v) is 21.9. The predicted octanol–water partition coefficient (Wildman–Crippen LogP) is 2.13. The van der Waals surface area contributed by atoms with Crippen molar-refractivity contribution in [1.82, 2.24) is 25.2 Å². The molecular weight excluding hydrogens is 474 g/mol. The maximum absolute atomic E-state index is 14.0. The second-order valence-electron chi connectivity index (χ2n) is 10.2. The molecule has 1 aliphatic heterocycles. The Morgan fingerprint density at radius 1 is 1.19 bits per heavy atom. The highest BCUT2D eigenvalue weighted by molar-refractivity contribution is 5.96. The van der Waals surface area contributed by atoms with Gasteiger partial charge in [-0.2, -0.15) is 0 Å². The number of aliphatic hydroxyl groups is 1. The van der Waals surface area contributed by atoms with Gasteiger partial charge in [-0.25, -0.2) is 4.68 Å². The third-order valence-electron chi connectivity index (χ3n) is 7.63. The quantitative estimate of drug-likeness (QED) is 0.370. The number of fused-ring (bicyclic) bond motifs is 2. The maximum Gasteiger partial charge on any atom is 0.310 e. The van der Waals surface area contributed by atoms with Crippen LogP contribution in [0.25, 0.3) is 11.0 Å². The number of carbonyl (C=O) groups excluding carboxylic acids is 3. The molecule has 1 aliphatic carbocycles. The number of carbonyl (C=O) groups is 3. The van der Waals surface area contributed by atoms with Gasteiger partial charge in [-0.05, 0) is 37.3 Å². The van der Waals surface area contributed by atoms with E-state index in [-0.39, 0.29) is 43.5 Å². The molecule has 10 nitrogen and oxygen atoms in total. The van der Waals surface area contributed by atoms with Crippen LogP contribution in [0.3, 0.4) is 0 Å². The van der Waals surface area contributed by atoms with E-state index in [2.05, 4.69) is 15.6 Å². The predicted molar refractivity (Wildman–Crippen MR) is 137 cm³/mol. The molecule has 10 heteroatoms. The molecule has 6 atom stereocenters. The van der Waals surface area contributed by atoms with Crippen LogP contribution in [0.15, 0.2) is 36.4 Å². The van der Waals surface area contributed by atoms with Gasteiger partial charge in [0.15, 0.2) is 0 Å². The van der Waals surface area contributed by atoms with Crippen molar-refractivity contribution in [2.45, 2.75) is 59.3 Å².